The first-order chi connectivity index (χ1) is 9.70. The molecule has 0 bridgehead atoms. The Bertz CT molecular complexity index is 514. The Morgan fingerprint density at radius 3 is 2.19 bits per heavy atom. The molecule has 1 aromatic rings. The molecule has 1 aliphatic heterocycles. The minimum atomic E-state index is -2.02. The van der Waals surface area contributed by atoms with E-state index in [4.69, 9.17) is 8.85 Å². The molecule has 2 rings (SSSR count). The van der Waals surface area contributed by atoms with E-state index in [2.05, 4.69) is 45.2 Å². The van der Waals surface area contributed by atoms with Crippen LogP contribution in [-0.2, 0) is 13.6 Å². The van der Waals surface area contributed by atoms with Gasteiger partial charge in [0.25, 0.3) is 0 Å². The molecule has 116 valence electrons. The lowest BCUT2D eigenvalue weighted by molar-refractivity contribution is -0.146. The van der Waals surface area contributed by atoms with Gasteiger partial charge in [0.1, 0.15) is 0 Å². The van der Waals surface area contributed by atoms with Crippen molar-refractivity contribution in [2.75, 3.05) is 7.11 Å². The highest BCUT2D eigenvalue weighted by molar-refractivity contribution is 6.88. The SMILES string of the molecule is COC(=O)[C@H]1[C@H](C)[Si](C)(C)O[Si](C)(C)[C@H]1c1ccccc1. The summed E-state index contributed by atoms with van der Waals surface area (Å²) in [6.45, 7) is 11.1. The van der Waals surface area contributed by atoms with Gasteiger partial charge in [-0.1, -0.05) is 37.3 Å². The van der Waals surface area contributed by atoms with Crippen LogP contribution in [0.15, 0.2) is 30.3 Å². The molecule has 0 saturated carbocycles. The van der Waals surface area contributed by atoms with Crippen LogP contribution >= 0.6 is 0 Å². The fourth-order valence-corrected chi connectivity index (χ4v) is 14.1. The van der Waals surface area contributed by atoms with Gasteiger partial charge in [-0.25, -0.2) is 0 Å². The molecule has 1 heterocycles. The summed E-state index contributed by atoms with van der Waals surface area (Å²) in [6, 6.07) is 10.3. The van der Waals surface area contributed by atoms with Crippen LogP contribution in [0.1, 0.15) is 18.0 Å². The summed E-state index contributed by atoms with van der Waals surface area (Å²) in [4.78, 5) is 12.5. The van der Waals surface area contributed by atoms with Crippen LogP contribution in [0, 0.1) is 5.92 Å². The second kappa shape index (κ2) is 5.70. The van der Waals surface area contributed by atoms with Gasteiger partial charge in [-0.2, -0.15) is 0 Å². The molecule has 0 unspecified atom stereocenters. The number of rotatable bonds is 2. The van der Waals surface area contributed by atoms with Gasteiger partial charge in [0, 0.05) is 5.54 Å². The fourth-order valence-electron chi connectivity index (χ4n) is 3.73. The van der Waals surface area contributed by atoms with Crippen molar-refractivity contribution in [2.24, 2.45) is 5.92 Å². The van der Waals surface area contributed by atoms with Crippen molar-refractivity contribution in [3.63, 3.8) is 0 Å². The monoisotopic (exact) mass is 322 g/mol. The van der Waals surface area contributed by atoms with Gasteiger partial charge < -0.3 is 8.85 Å². The number of benzene rings is 1. The number of carbonyl (C=O) groups excluding carboxylic acids is 1. The maximum Gasteiger partial charge on any atom is 0.309 e. The molecule has 1 fully saturated rings. The second-order valence-electron chi connectivity index (χ2n) is 7.03. The third kappa shape index (κ3) is 3.00. The third-order valence-corrected chi connectivity index (χ3v) is 13.9. The Labute approximate surface area is 129 Å². The predicted molar refractivity (Wildman–Crippen MR) is 90.2 cm³/mol. The summed E-state index contributed by atoms with van der Waals surface area (Å²) in [7, 11) is -2.41. The number of esters is 1. The van der Waals surface area contributed by atoms with Crippen LogP contribution in [0.3, 0.4) is 0 Å². The molecule has 3 nitrogen and oxygen atoms in total. The van der Waals surface area contributed by atoms with E-state index >= 15 is 0 Å². The molecule has 0 aliphatic carbocycles. The van der Waals surface area contributed by atoms with Gasteiger partial charge in [0.15, 0.2) is 16.6 Å². The van der Waals surface area contributed by atoms with Gasteiger partial charge in [-0.15, -0.1) is 0 Å². The molecule has 0 aromatic heterocycles. The van der Waals surface area contributed by atoms with Crippen molar-refractivity contribution in [3.8, 4) is 0 Å². The van der Waals surface area contributed by atoms with Gasteiger partial charge in [-0.05, 0) is 37.3 Å². The minimum absolute atomic E-state index is 0.0826. The Kier molecular flexibility index (Phi) is 4.47. The van der Waals surface area contributed by atoms with Gasteiger partial charge in [0.05, 0.1) is 13.0 Å². The molecular weight excluding hydrogens is 296 g/mol. The van der Waals surface area contributed by atoms with E-state index in [-0.39, 0.29) is 23.0 Å². The summed E-state index contributed by atoms with van der Waals surface area (Å²) in [5.41, 5.74) is 1.61. The minimum Gasteiger partial charge on any atom is -0.469 e. The molecule has 21 heavy (non-hydrogen) atoms. The highest BCUT2D eigenvalue weighted by atomic mass is 28.4. The molecule has 1 aromatic carbocycles. The summed E-state index contributed by atoms with van der Waals surface area (Å²) in [6.07, 6.45) is 0. The summed E-state index contributed by atoms with van der Waals surface area (Å²) in [5, 5.41) is 0. The van der Waals surface area contributed by atoms with Crippen molar-refractivity contribution in [3.05, 3.63) is 35.9 Å². The maximum absolute atomic E-state index is 12.5. The quantitative estimate of drug-likeness (QED) is 0.611. The largest absolute Gasteiger partial charge is 0.469 e. The highest BCUT2D eigenvalue weighted by Gasteiger charge is 2.57. The molecular formula is C16H26O3Si2. The van der Waals surface area contributed by atoms with E-state index < -0.39 is 16.6 Å². The molecule has 0 radical (unpaired) electrons. The van der Waals surface area contributed by atoms with E-state index in [1.54, 1.807) is 0 Å². The summed E-state index contributed by atoms with van der Waals surface area (Å²) >= 11 is 0. The number of ether oxygens (including phenoxy) is 1. The van der Waals surface area contributed by atoms with Crippen LogP contribution in [0.25, 0.3) is 0 Å². The Morgan fingerprint density at radius 1 is 1.10 bits per heavy atom. The van der Waals surface area contributed by atoms with E-state index in [0.29, 0.717) is 0 Å². The lowest BCUT2D eigenvalue weighted by atomic mass is 9.95. The molecule has 3 atom stereocenters. The van der Waals surface area contributed by atoms with Gasteiger partial charge in [0.2, 0.25) is 0 Å². The smallest absolute Gasteiger partial charge is 0.309 e. The van der Waals surface area contributed by atoms with Crippen molar-refractivity contribution < 1.29 is 13.6 Å². The zero-order valence-electron chi connectivity index (χ0n) is 13.8. The molecule has 1 aliphatic rings. The Morgan fingerprint density at radius 2 is 1.67 bits per heavy atom. The average molecular weight is 323 g/mol. The van der Waals surface area contributed by atoms with Crippen molar-refractivity contribution in [2.45, 2.75) is 44.2 Å². The van der Waals surface area contributed by atoms with Crippen molar-refractivity contribution in [1.82, 2.24) is 0 Å². The Balaban J connectivity index is 2.54. The van der Waals surface area contributed by atoms with E-state index in [0.717, 1.165) is 0 Å². The first kappa shape index (κ1) is 16.5. The molecule has 1 saturated heterocycles. The highest BCUT2D eigenvalue weighted by Crippen LogP contribution is 2.50. The van der Waals surface area contributed by atoms with E-state index in [1.165, 1.54) is 12.7 Å². The van der Waals surface area contributed by atoms with Crippen LogP contribution in [0.2, 0.25) is 31.7 Å². The predicted octanol–water partition coefficient (Wildman–Crippen LogP) is 3.93. The zero-order valence-corrected chi connectivity index (χ0v) is 15.8. The van der Waals surface area contributed by atoms with Crippen LogP contribution in [0.5, 0.6) is 0 Å². The van der Waals surface area contributed by atoms with E-state index in [1.807, 2.05) is 18.2 Å². The molecule has 0 amide bonds. The fraction of sp³-hybridized carbons (Fsp3) is 0.562. The third-order valence-electron chi connectivity index (χ3n) is 4.90. The molecule has 0 N–H and O–H groups in total. The number of methoxy groups -OCH3 is 1. The first-order valence-corrected chi connectivity index (χ1v) is 13.5. The van der Waals surface area contributed by atoms with Crippen LogP contribution < -0.4 is 0 Å². The lowest BCUT2D eigenvalue weighted by Gasteiger charge is -2.52. The standard InChI is InChI=1S/C16H26O3Si2/c1-12-14(16(17)18-2)15(13-10-8-7-9-11-13)21(5,6)19-20(12,3)4/h7-12,14-15H,1-6H3/t12-,14-,15-/m0/s1. The topological polar surface area (TPSA) is 35.5 Å². The average Bonchev–Trinajstić information content (AvgIpc) is 2.41. The summed E-state index contributed by atoms with van der Waals surface area (Å²) < 4.78 is 11.8. The Hall–Kier alpha value is -0.916. The van der Waals surface area contributed by atoms with Crippen molar-refractivity contribution in [1.29, 1.82) is 0 Å². The van der Waals surface area contributed by atoms with Crippen LogP contribution in [0.4, 0.5) is 0 Å². The van der Waals surface area contributed by atoms with Crippen LogP contribution in [-0.4, -0.2) is 29.7 Å². The summed E-state index contributed by atoms with van der Waals surface area (Å²) in [5.74, 6) is -0.171. The van der Waals surface area contributed by atoms with Gasteiger partial charge >= 0.3 is 5.97 Å². The molecule has 5 heteroatoms. The zero-order chi connectivity index (χ0) is 15.8. The van der Waals surface area contributed by atoms with Gasteiger partial charge in [-0.3, -0.25) is 4.79 Å². The second-order valence-corrected chi connectivity index (χ2v) is 15.8. The lowest BCUT2D eigenvalue weighted by Crippen LogP contribution is -2.61. The molecule has 0 spiro atoms. The number of carbonyl (C=O) groups is 1. The first-order valence-electron chi connectivity index (χ1n) is 7.53. The number of hydrogen-bond acceptors (Lipinski definition) is 3. The maximum atomic E-state index is 12.5. The van der Waals surface area contributed by atoms with E-state index in [9.17, 15) is 4.79 Å². The number of hydrogen-bond donors (Lipinski definition) is 0. The normalized spacial score (nSPS) is 30.7. The van der Waals surface area contributed by atoms with Crippen molar-refractivity contribution >= 4 is 22.6 Å².